The standard InChI is InChI=1S/C35H56N4O5S/c1-20(2)25-15-27(21(3)4)31(28(16-25)22(5)6)19-33(40)39-45(42,43)44-34-29(23(7)8)17-26(18-30(34)24(9)10)38-35(41)32(37)13-11-12-14-36/h15-18,20-24,32H,11-14,19,36-37H2,1-10H3,(H,38,41)(H,39,40). The van der Waals surface area contributed by atoms with Gasteiger partial charge in [0.25, 0.3) is 0 Å². The number of hydrogen-bond donors (Lipinski definition) is 4. The molecule has 45 heavy (non-hydrogen) atoms. The van der Waals surface area contributed by atoms with E-state index >= 15 is 0 Å². The third kappa shape index (κ3) is 10.8. The Morgan fingerprint density at radius 3 is 1.67 bits per heavy atom. The molecule has 0 bridgehead atoms. The lowest BCUT2D eigenvalue weighted by Crippen LogP contribution is -2.36. The first-order valence-electron chi connectivity index (χ1n) is 16.2. The van der Waals surface area contributed by atoms with Crippen LogP contribution < -0.4 is 25.7 Å². The third-order valence-corrected chi connectivity index (χ3v) is 8.85. The number of carbonyl (C=O) groups excluding carboxylic acids is 2. The van der Waals surface area contributed by atoms with Crippen LogP contribution in [0.2, 0.25) is 0 Å². The topological polar surface area (TPSA) is 154 Å². The Balaban J connectivity index is 2.41. The first kappa shape index (κ1) is 38.2. The fraction of sp³-hybridized carbons (Fsp3) is 0.600. The van der Waals surface area contributed by atoms with Gasteiger partial charge in [-0.15, -0.1) is 0 Å². The van der Waals surface area contributed by atoms with Crippen LogP contribution in [-0.4, -0.2) is 32.8 Å². The first-order valence-corrected chi connectivity index (χ1v) is 17.6. The van der Waals surface area contributed by atoms with Crippen molar-refractivity contribution in [2.24, 2.45) is 11.5 Å². The summed E-state index contributed by atoms with van der Waals surface area (Å²) in [5.41, 5.74) is 17.4. The fourth-order valence-electron chi connectivity index (χ4n) is 5.35. The van der Waals surface area contributed by atoms with E-state index in [0.717, 1.165) is 29.5 Å². The molecule has 1 atom stereocenters. The van der Waals surface area contributed by atoms with Crippen molar-refractivity contribution >= 4 is 27.8 Å². The number of anilines is 1. The summed E-state index contributed by atoms with van der Waals surface area (Å²) in [6, 6.07) is 6.97. The molecule has 9 nitrogen and oxygen atoms in total. The third-order valence-electron chi connectivity index (χ3n) is 7.99. The van der Waals surface area contributed by atoms with Crippen molar-refractivity contribution in [3.8, 4) is 5.75 Å². The van der Waals surface area contributed by atoms with Gasteiger partial charge in [-0.2, -0.15) is 8.42 Å². The van der Waals surface area contributed by atoms with Crippen molar-refractivity contribution < 1.29 is 22.2 Å². The highest BCUT2D eigenvalue weighted by atomic mass is 32.2. The van der Waals surface area contributed by atoms with E-state index in [1.165, 1.54) is 5.56 Å². The van der Waals surface area contributed by atoms with Crippen molar-refractivity contribution in [1.82, 2.24) is 4.72 Å². The average molecular weight is 645 g/mol. The molecule has 0 aromatic heterocycles. The molecule has 2 aromatic carbocycles. The van der Waals surface area contributed by atoms with Gasteiger partial charge in [-0.1, -0.05) is 87.8 Å². The Labute approximate surface area is 271 Å². The number of nitrogens with two attached hydrogens (primary N) is 2. The van der Waals surface area contributed by atoms with Crippen molar-refractivity contribution in [1.29, 1.82) is 0 Å². The van der Waals surface area contributed by atoms with Crippen molar-refractivity contribution in [2.45, 2.75) is 131 Å². The lowest BCUT2D eigenvalue weighted by Gasteiger charge is -2.23. The Morgan fingerprint density at radius 1 is 0.756 bits per heavy atom. The van der Waals surface area contributed by atoms with Crippen LogP contribution in [0.5, 0.6) is 5.75 Å². The highest BCUT2D eigenvalue weighted by Gasteiger charge is 2.27. The van der Waals surface area contributed by atoms with E-state index in [2.05, 4.69) is 63.7 Å². The molecule has 2 amide bonds. The number of benzene rings is 2. The predicted octanol–water partition coefficient (Wildman–Crippen LogP) is 6.68. The Morgan fingerprint density at radius 2 is 1.24 bits per heavy atom. The molecule has 0 aliphatic carbocycles. The minimum atomic E-state index is -4.53. The van der Waals surface area contributed by atoms with Crippen LogP contribution in [0.3, 0.4) is 0 Å². The summed E-state index contributed by atoms with van der Waals surface area (Å²) in [4.78, 5) is 26.1. The summed E-state index contributed by atoms with van der Waals surface area (Å²) in [5.74, 6) is -0.525. The monoisotopic (exact) mass is 644 g/mol. The summed E-state index contributed by atoms with van der Waals surface area (Å²) in [7, 11) is -4.53. The molecule has 252 valence electrons. The molecule has 0 saturated heterocycles. The molecule has 0 spiro atoms. The number of hydrogen-bond acceptors (Lipinski definition) is 7. The smallest absolute Gasteiger partial charge is 0.366 e. The zero-order valence-corrected chi connectivity index (χ0v) is 29.7. The zero-order chi connectivity index (χ0) is 34.2. The summed E-state index contributed by atoms with van der Waals surface area (Å²) in [6.07, 6.45) is 1.95. The molecule has 0 aliphatic heterocycles. The number of unbranched alkanes of at least 4 members (excludes halogenated alkanes) is 1. The maximum absolute atomic E-state index is 13.4. The highest BCUT2D eigenvalue weighted by Crippen LogP contribution is 2.38. The SMILES string of the molecule is CC(C)c1cc(C(C)C)c(CC(=O)NS(=O)(=O)Oc2c(C(C)C)cc(NC(=O)C(N)CCCCN)cc2C(C)C)c(C(C)C)c1. The van der Waals surface area contributed by atoms with Crippen LogP contribution in [0, 0.1) is 0 Å². The maximum atomic E-state index is 13.4. The second-order valence-corrected chi connectivity index (χ2v) is 14.8. The van der Waals surface area contributed by atoms with Crippen LogP contribution in [-0.2, 0) is 26.3 Å². The largest absolute Gasteiger partial charge is 0.409 e. The second-order valence-electron chi connectivity index (χ2n) is 13.6. The van der Waals surface area contributed by atoms with Crippen LogP contribution in [0.1, 0.15) is 151 Å². The minimum absolute atomic E-state index is 0.0907. The summed E-state index contributed by atoms with van der Waals surface area (Å²) < 4.78 is 34.5. The molecular weight excluding hydrogens is 588 g/mol. The van der Waals surface area contributed by atoms with Crippen molar-refractivity contribution in [3.63, 3.8) is 0 Å². The van der Waals surface area contributed by atoms with Crippen LogP contribution in [0.4, 0.5) is 5.69 Å². The van der Waals surface area contributed by atoms with Crippen LogP contribution >= 0.6 is 0 Å². The first-order chi connectivity index (χ1) is 20.9. The van der Waals surface area contributed by atoms with Crippen molar-refractivity contribution in [3.05, 3.63) is 57.6 Å². The number of carbonyl (C=O) groups is 2. The minimum Gasteiger partial charge on any atom is -0.366 e. The molecule has 0 aliphatic rings. The van der Waals surface area contributed by atoms with Gasteiger partial charge in [-0.3, -0.25) is 9.59 Å². The van der Waals surface area contributed by atoms with Gasteiger partial charge < -0.3 is 21.0 Å². The summed E-state index contributed by atoms with van der Waals surface area (Å²) in [6.45, 7) is 20.7. The van der Waals surface area contributed by atoms with E-state index in [4.69, 9.17) is 15.7 Å². The molecule has 0 heterocycles. The molecule has 1 unspecified atom stereocenters. The lowest BCUT2D eigenvalue weighted by atomic mass is 9.83. The van der Waals surface area contributed by atoms with Gasteiger partial charge in [-0.05, 0) is 83.4 Å². The van der Waals surface area contributed by atoms with Gasteiger partial charge in [-0.25, -0.2) is 4.72 Å². The Kier molecular flexibility index (Phi) is 14.1. The molecule has 0 saturated carbocycles. The fourth-order valence-corrected chi connectivity index (χ4v) is 6.16. The summed E-state index contributed by atoms with van der Waals surface area (Å²) in [5, 5.41) is 2.88. The van der Waals surface area contributed by atoms with Gasteiger partial charge in [0.15, 0.2) is 5.75 Å². The molecule has 10 heteroatoms. The Hall–Kier alpha value is -2.95. The molecule has 0 fully saturated rings. The van der Waals surface area contributed by atoms with E-state index in [9.17, 15) is 18.0 Å². The number of amides is 2. The van der Waals surface area contributed by atoms with E-state index in [0.29, 0.717) is 35.7 Å². The van der Waals surface area contributed by atoms with E-state index < -0.39 is 22.3 Å². The molecule has 2 aromatic rings. The van der Waals surface area contributed by atoms with Crippen LogP contribution in [0.15, 0.2) is 24.3 Å². The Bertz CT molecular complexity index is 1370. The highest BCUT2D eigenvalue weighted by molar-refractivity contribution is 7.85. The number of rotatable bonds is 16. The summed E-state index contributed by atoms with van der Waals surface area (Å²) >= 11 is 0. The van der Waals surface area contributed by atoms with Crippen molar-refractivity contribution in [2.75, 3.05) is 11.9 Å². The molecular formula is C35H56N4O5S. The van der Waals surface area contributed by atoms with Crippen LogP contribution in [0.25, 0.3) is 0 Å². The second kappa shape index (κ2) is 16.6. The average Bonchev–Trinajstić information content (AvgIpc) is 2.92. The molecule has 0 radical (unpaired) electrons. The van der Waals surface area contributed by atoms with Gasteiger partial charge in [0, 0.05) is 16.8 Å². The quantitative estimate of drug-likeness (QED) is 0.149. The van der Waals surface area contributed by atoms with Gasteiger partial charge in [0.2, 0.25) is 11.8 Å². The van der Waals surface area contributed by atoms with E-state index in [1.807, 2.05) is 27.7 Å². The predicted molar refractivity (Wildman–Crippen MR) is 184 cm³/mol. The van der Waals surface area contributed by atoms with E-state index in [-0.39, 0.29) is 41.7 Å². The zero-order valence-electron chi connectivity index (χ0n) is 28.9. The molecule has 2 rings (SSSR count). The van der Waals surface area contributed by atoms with Gasteiger partial charge in [0.05, 0.1) is 12.5 Å². The maximum Gasteiger partial charge on any atom is 0.409 e. The van der Waals surface area contributed by atoms with Gasteiger partial charge >= 0.3 is 10.3 Å². The molecule has 6 N–H and O–H groups in total. The number of nitrogens with one attached hydrogen (secondary N) is 2. The lowest BCUT2D eigenvalue weighted by molar-refractivity contribution is -0.119. The normalized spacial score (nSPS) is 12.8. The van der Waals surface area contributed by atoms with E-state index in [1.54, 1.807) is 12.1 Å². The van der Waals surface area contributed by atoms with Gasteiger partial charge in [0.1, 0.15) is 0 Å².